The van der Waals surface area contributed by atoms with Gasteiger partial charge in [-0.15, -0.1) is 0 Å². The Balaban J connectivity index is 1.25. The first-order valence-corrected chi connectivity index (χ1v) is 8.83. The third-order valence-corrected chi connectivity index (χ3v) is 5.06. The second kappa shape index (κ2) is 6.99. The molecule has 2 saturated heterocycles. The lowest BCUT2D eigenvalue weighted by atomic mass is 9.82. The maximum Gasteiger partial charge on any atom is 0.254 e. The van der Waals surface area contributed by atoms with Crippen molar-refractivity contribution in [3.8, 4) is 0 Å². The molecule has 2 fully saturated rings. The number of nitrogens with zero attached hydrogens (tertiary/aromatic N) is 3. The molecular formula is C19H21FN4O2. The number of anilines is 1. The third-order valence-electron chi connectivity index (χ3n) is 5.06. The molecule has 0 bridgehead atoms. The summed E-state index contributed by atoms with van der Waals surface area (Å²) in [4.78, 5) is 22.4. The normalized spacial score (nSPS) is 21.3. The molecule has 0 aliphatic carbocycles. The van der Waals surface area contributed by atoms with Crippen molar-refractivity contribution < 1.29 is 13.9 Å². The van der Waals surface area contributed by atoms with Crippen molar-refractivity contribution in [1.29, 1.82) is 0 Å². The van der Waals surface area contributed by atoms with E-state index in [1.807, 2.05) is 0 Å². The van der Waals surface area contributed by atoms with Crippen molar-refractivity contribution in [1.82, 2.24) is 14.9 Å². The largest absolute Gasteiger partial charge is 0.371 e. The summed E-state index contributed by atoms with van der Waals surface area (Å²) < 4.78 is 19.4. The van der Waals surface area contributed by atoms with Gasteiger partial charge in [-0.25, -0.2) is 14.4 Å². The predicted octanol–water partition coefficient (Wildman–Crippen LogP) is 2.35. The van der Waals surface area contributed by atoms with Crippen LogP contribution in [-0.2, 0) is 4.74 Å². The maximum absolute atomic E-state index is 13.3. The monoisotopic (exact) mass is 356 g/mol. The van der Waals surface area contributed by atoms with Gasteiger partial charge >= 0.3 is 0 Å². The highest BCUT2D eigenvalue weighted by atomic mass is 19.1. The van der Waals surface area contributed by atoms with Crippen LogP contribution in [0.2, 0.25) is 0 Å². The van der Waals surface area contributed by atoms with Crippen molar-refractivity contribution in [2.75, 3.05) is 31.6 Å². The van der Waals surface area contributed by atoms with E-state index in [0.717, 1.165) is 19.4 Å². The zero-order valence-electron chi connectivity index (χ0n) is 14.4. The van der Waals surface area contributed by atoms with Crippen LogP contribution in [0.25, 0.3) is 0 Å². The fraction of sp³-hybridized carbons (Fsp3) is 0.421. The van der Waals surface area contributed by atoms with Gasteiger partial charge in [-0.3, -0.25) is 4.79 Å². The van der Waals surface area contributed by atoms with E-state index in [1.165, 1.54) is 12.1 Å². The minimum Gasteiger partial charge on any atom is -0.371 e. The van der Waals surface area contributed by atoms with Gasteiger partial charge in [0.25, 0.3) is 5.91 Å². The second-order valence-corrected chi connectivity index (χ2v) is 7.02. The predicted molar refractivity (Wildman–Crippen MR) is 94.2 cm³/mol. The van der Waals surface area contributed by atoms with Crippen LogP contribution in [0.15, 0.2) is 42.7 Å². The second-order valence-electron chi connectivity index (χ2n) is 7.02. The van der Waals surface area contributed by atoms with Crippen LogP contribution in [0.4, 0.5) is 10.3 Å². The zero-order valence-corrected chi connectivity index (χ0v) is 14.4. The molecule has 136 valence electrons. The van der Waals surface area contributed by atoms with Crippen LogP contribution in [0.1, 0.15) is 23.2 Å². The van der Waals surface area contributed by atoms with E-state index in [0.29, 0.717) is 37.1 Å². The Morgan fingerprint density at radius 2 is 2.12 bits per heavy atom. The molecule has 1 aromatic heterocycles. The topological polar surface area (TPSA) is 67.4 Å². The Kier molecular flexibility index (Phi) is 4.55. The molecule has 2 aliphatic rings. The summed E-state index contributed by atoms with van der Waals surface area (Å²) in [5.74, 6) is 0.502. The van der Waals surface area contributed by atoms with Gasteiger partial charge in [0.15, 0.2) is 0 Å². The first-order valence-electron chi connectivity index (χ1n) is 8.83. The van der Waals surface area contributed by atoms with Gasteiger partial charge in [0.05, 0.1) is 19.7 Å². The molecule has 4 rings (SSSR count). The standard InChI is InChI=1S/C19H21FN4O2/c20-16-4-1-3-15(9-16)17(25)24-12-19(13-24)6-5-14(11-26-19)10-23-18-21-7-2-8-22-18/h1-4,7-9,14H,5-6,10-13H2,(H,21,22,23). The number of benzene rings is 1. The average Bonchev–Trinajstić information content (AvgIpc) is 2.65. The van der Waals surface area contributed by atoms with E-state index >= 15 is 0 Å². The highest BCUT2D eigenvalue weighted by Gasteiger charge is 2.48. The van der Waals surface area contributed by atoms with Crippen LogP contribution in [0, 0.1) is 11.7 Å². The number of amides is 1. The third kappa shape index (κ3) is 3.53. The molecule has 1 N–H and O–H groups in total. The van der Waals surface area contributed by atoms with Gasteiger partial charge in [0.1, 0.15) is 11.4 Å². The molecule has 1 atom stereocenters. The van der Waals surface area contributed by atoms with Crippen molar-refractivity contribution in [3.63, 3.8) is 0 Å². The number of aromatic nitrogens is 2. The Bertz CT molecular complexity index is 770. The van der Waals surface area contributed by atoms with E-state index in [-0.39, 0.29) is 11.5 Å². The Morgan fingerprint density at radius 3 is 2.81 bits per heavy atom. The number of carbonyl (C=O) groups is 1. The molecule has 26 heavy (non-hydrogen) atoms. The molecular weight excluding hydrogens is 335 g/mol. The fourth-order valence-electron chi connectivity index (χ4n) is 3.55. The van der Waals surface area contributed by atoms with Crippen LogP contribution in [-0.4, -0.2) is 52.6 Å². The first kappa shape index (κ1) is 16.9. The SMILES string of the molecule is O=C(c1cccc(F)c1)N1CC2(CCC(CNc3ncccn3)CO2)C1. The van der Waals surface area contributed by atoms with Crippen LogP contribution < -0.4 is 5.32 Å². The summed E-state index contributed by atoms with van der Waals surface area (Å²) >= 11 is 0. The fourth-order valence-corrected chi connectivity index (χ4v) is 3.55. The lowest BCUT2D eigenvalue weighted by molar-refractivity contribution is -0.165. The van der Waals surface area contributed by atoms with E-state index in [1.54, 1.807) is 35.5 Å². The van der Waals surface area contributed by atoms with Gasteiger partial charge in [-0.2, -0.15) is 0 Å². The highest BCUT2D eigenvalue weighted by Crippen LogP contribution is 2.36. The van der Waals surface area contributed by atoms with E-state index < -0.39 is 5.82 Å². The number of ether oxygens (including phenoxy) is 1. The summed E-state index contributed by atoms with van der Waals surface area (Å²) in [5.41, 5.74) is 0.156. The van der Waals surface area contributed by atoms with Gasteiger partial charge in [-0.1, -0.05) is 6.07 Å². The van der Waals surface area contributed by atoms with E-state index in [2.05, 4.69) is 15.3 Å². The van der Waals surface area contributed by atoms with E-state index in [9.17, 15) is 9.18 Å². The van der Waals surface area contributed by atoms with Crippen LogP contribution >= 0.6 is 0 Å². The van der Waals surface area contributed by atoms with Crippen LogP contribution in [0.3, 0.4) is 0 Å². The molecule has 7 heteroatoms. The van der Waals surface area contributed by atoms with Gasteiger partial charge < -0.3 is 15.0 Å². The number of rotatable bonds is 4. The molecule has 3 heterocycles. The first-order chi connectivity index (χ1) is 12.6. The molecule has 0 saturated carbocycles. The Hall–Kier alpha value is -2.54. The minimum absolute atomic E-state index is 0.135. The number of hydrogen-bond acceptors (Lipinski definition) is 5. The lowest BCUT2D eigenvalue weighted by Gasteiger charge is -2.52. The Labute approximate surface area is 151 Å². The molecule has 1 aromatic carbocycles. The summed E-state index contributed by atoms with van der Waals surface area (Å²) in [6, 6.07) is 7.61. The summed E-state index contributed by atoms with van der Waals surface area (Å²) in [6.07, 6.45) is 5.37. The van der Waals surface area contributed by atoms with Crippen molar-refractivity contribution in [2.45, 2.75) is 18.4 Å². The van der Waals surface area contributed by atoms with Gasteiger partial charge in [0, 0.05) is 24.5 Å². The van der Waals surface area contributed by atoms with Crippen molar-refractivity contribution >= 4 is 11.9 Å². The molecule has 0 radical (unpaired) electrons. The maximum atomic E-state index is 13.3. The number of hydrogen-bond donors (Lipinski definition) is 1. The molecule has 1 unspecified atom stereocenters. The van der Waals surface area contributed by atoms with E-state index in [4.69, 9.17) is 4.74 Å². The number of halogens is 1. The molecule has 1 spiro atoms. The molecule has 1 amide bonds. The number of nitrogens with one attached hydrogen (secondary N) is 1. The van der Waals surface area contributed by atoms with Crippen molar-refractivity contribution in [2.24, 2.45) is 5.92 Å². The molecule has 2 aliphatic heterocycles. The molecule has 6 nitrogen and oxygen atoms in total. The van der Waals surface area contributed by atoms with Gasteiger partial charge in [0.2, 0.25) is 5.95 Å². The number of likely N-dealkylation sites (tertiary alicyclic amines) is 1. The summed E-state index contributed by atoms with van der Waals surface area (Å²) in [6.45, 7) is 2.57. The lowest BCUT2D eigenvalue weighted by Crippen LogP contribution is -2.66. The average molecular weight is 356 g/mol. The van der Waals surface area contributed by atoms with Crippen LogP contribution in [0.5, 0.6) is 0 Å². The number of carbonyl (C=O) groups excluding carboxylic acids is 1. The summed E-state index contributed by atoms with van der Waals surface area (Å²) in [5, 5.41) is 3.23. The van der Waals surface area contributed by atoms with Crippen molar-refractivity contribution in [3.05, 3.63) is 54.1 Å². The molecule has 2 aromatic rings. The highest BCUT2D eigenvalue weighted by molar-refractivity contribution is 5.94. The smallest absolute Gasteiger partial charge is 0.254 e. The zero-order chi connectivity index (χ0) is 18.0. The minimum atomic E-state index is -0.391. The Morgan fingerprint density at radius 1 is 1.31 bits per heavy atom. The quantitative estimate of drug-likeness (QED) is 0.911. The summed E-state index contributed by atoms with van der Waals surface area (Å²) in [7, 11) is 0. The van der Waals surface area contributed by atoms with Gasteiger partial charge in [-0.05, 0) is 43.0 Å².